The van der Waals surface area contributed by atoms with Gasteiger partial charge in [0, 0.05) is 37.1 Å². The molecule has 5 rings (SSSR count). The Morgan fingerprint density at radius 3 is 2.65 bits per heavy atom. The summed E-state index contributed by atoms with van der Waals surface area (Å²) < 4.78 is 0. The van der Waals surface area contributed by atoms with E-state index in [4.69, 9.17) is 4.99 Å². The number of aliphatic imine (C=N–C) groups is 1. The molecule has 2 aromatic rings. The Labute approximate surface area is 191 Å². The van der Waals surface area contributed by atoms with Crippen LogP contribution in [0.4, 0.5) is 16.4 Å². The van der Waals surface area contributed by atoms with E-state index in [0.717, 1.165) is 67.2 Å². The fourth-order valence-corrected chi connectivity index (χ4v) is 6.74. The minimum Gasteiger partial charge on any atom is -0.353 e. The zero-order valence-electron chi connectivity index (χ0n) is 19.4. The first-order chi connectivity index (χ1) is 15.0. The lowest BCUT2D eigenvalue weighted by Crippen LogP contribution is -2.55. The number of anilines is 2. The Hall–Kier alpha value is -1.85. The highest BCUT2D eigenvalue weighted by Gasteiger charge is 2.36. The molecule has 1 N–H and O–H groups in total. The monoisotopic (exact) mass is 436 g/mol. The van der Waals surface area contributed by atoms with Crippen LogP contribution in [0.1, 0.15) is 50.5 Å². The summed E-state index contributed by atoms with van der Waals surface area (Å²) in [4.78, 5) is 11.8. The molecule has 5 heteroatoms. The molecule has 3 unspecified atom stereocenters. The van der Waals surface area contributed by atoms with Crippen molar-refractivity contribution in [3.05, 3.63) is 40.8 Å². The van der Waals surface area contributed by atoms with Crippen LogP contribution in [0.2, 0.25) is 0 Å². The number of para-hydroxylation sites is 2. The predicted octanol–water partition coefficient (Wildman–Crippen LogP) is 6.27. The fourth-order valence-electron chi connectivity index (χ4n) is 5.82. The van der Waals surface area contributed by atoms with Gasteiger partial charge in [-0.2, -0.15) is 0 Å². The zero-order chi connectivity index (χ0) is 21.5. The first-order valence-corrected chi connectivity index (χ1v) is 12.9. The van der Waals surface area contributed by atoms with Gasteiger partial charge in [0.15, 0.2) is 0 Å². The van der Waals surface area contributed by atoms with Gasteiger partial charge in [-0.15, -0.1) is 11.3 Å². The molecule has 1 aliphatic carbocycles. The maximum atomic E-state index is 5.18. The predicted molar refractivity (Wildman–Crippen MR) is 133 cm³/mol. The minimum atomic E-state index is 0.753. The van der Waals surface area contributed by atoms with E-state index >= 15 is 0 Å². The van der Waals surface area contributed by atoms with Gasteiger partial charge < -0.3 is 10.2 Å². The smallest absolute Gasteiger partial charge is 0.139 e. The van der Waals surface area contributed by atoms with E-state index in [2.05, 4.69) is 73.1 Å². The first kappa shape index (κ1) is 21.0. The second-order valence-electron chi connectivity index (χ2n) is 10.1. The Bertz CT molecular complexity index is 954. The molecular formula is C26H36N4S. The average Bonchev–Trinajstić information content (AvgIpc) is 3.05. The van der Waals surface area contributed by atoms with E-state index in [1.807, 2.05) is 11.3 Å². The van der Waals surface area contributed by atoms with Crippen LogP contribution in [0.15, 0.2) is 35.3 Å². The van der Waals surface area contributed by atoms with Gasteiger partial charge in [0.2, 0.25) is 0 Å². The number of aryl methyl sites for hydroxylation is 1. The van der Waals surface area contributed by atoms with Crippen molar-refractivity contribution in [1.82, 2.24) is 9.80 Å². The normalized spacial score (nSPS) is 26.7. The number of thiophene rings is 1. The quantitative estimate of drug-likeness (QED) is 0.602. The Morgan fingerprint density at radius 2 is 1.87 bits per heavy atom. The first-order valence-electron chi connectivity index (χ1n) is 12.0. The summed E-state index contributed by atoms with van der Waals surface area (Å²) in [5.74, 6) is 3.64. The molecule has 0 amide bonds. The number of rotatable bonds is 2. The molecule has 0 spiro atoms. The number of hydrogen-bond acceptors (Lipinski definition) is 5. The van der Waals surface area contributed by atoms with Crippen molar-refractivity contribution in [3.63, 3.8) is 0 Å². The molecule has 3 heterocycles. The van der Waals surface area contributed by atoms with Gasteiger partial charge in [0.25, 0.3) is 0 Å². The zero-order valence-corrected chi connectivity index (χ0v) is 20.2. The van der Waals surface area contributed by atoms with Crippen LogP contribution < -0.4 is 5.32 Å². The lowest BCUT2D eigenvalue weighted by atomic mass is 9.73. The summed E-state index contributed by atoms with van der Waals surface area (Å²) >= 11 is 1.83. The molecule has 31 heavy (non-hydrogen) atoms. The summed E-state index contributed by atoms with van der Waals surface area (Å²) in [6.45, 7) is 13.9. The van der Waals surface area contributed by atoms with E-state index in [1.54, 1.807) is 0 Å². The van der Waals surface area contributed by atoms with Gasteiger partial charge in [-0.05, 0) is 55.7 Å². The van der Waals surface area contributed by atoms with E-state index in [1.165, 1.54) is 34.7 Å². The summed E-state index contributed by atoms with van der Waals surface area (Å²) in [5, 5.41) is 4.87. The van der Waals surface area contributed by atoms with E-state index in [9.17, 15) is 0 Å². The molecule has 3 aliphatic rings. The fraction of sp³-hybridized carbons (Fsp3) is 0.577. The molecular weight excluding hydrogens is 400 g/mol. The van der Waals surface area contributed by atoms with Crippen LogP contribution in [0.25, 0.3) is 0 Å². The highest BCUT2D eigenvalue weighted by molar-refractivity contribution is 7.16. The van der Waals surface area contributed by atoms with Crippen LogP contribution in [0.5, 0.6) is 0 Å². The Morgan fingerprint density at radius 1 is 1.10 bits per heavy atom. The third kappa shape index (κ3) is 4.14. The lowest BCUT2D eigenvalue weighted by Gasteiger charge is -2.47. The van der Waals surface area contributed by atoms with Gasteiger partial charge in [-0.3, -0.25) is 4.90 Å². The summed E-state index contributed by atoms with van der Waals surface area (Å²) in [6, 6.07) is 11.5. The number of fused-ring (bicyclic) bond motifs is 2. The Balaban J connectivity index is 1.38. The van der Waals surface area contributed by atoms with E-state index in [0.29, 0.717) is 0 Å². The Kier molecular flexibility index (Phi) is 5.82. The number of amidine groups is 1. The summed E-state index contributed by atoms with van der Waals surface area (Å²) in [7, 11) is 0. The van der Waals surface area contributed by atoms with Crippen LogP contribution >= 0.6 is 11.3 Å². The van der Waals surface area contributed by atoms with E-state index < -0.39 is 0 Å². The van der Waals surface area contributed by atoms with Gasteiger partial charge in [0.05, 0.1) is 16.9 Å². The second kappa shape index (κ2) is 8.59. The summed E-state index contributed by atoms with van der Waals surface area (Å²) in [6.07, 6.45) is 4.17. The number of nitrogens with one attached hydrogen (secondary N) is 1. The minimum absolute atomic E-state index is 0.753. The topological polar surface area (TPSA) is 30.9 Å². The number of piperazine rings is 1. The molecule has 1 aromatic carbocycles. The van der Waals surface area contributed by atoms with Gasteiger partial charge in [-0.25, -0.2) is 4.99 Å². The van der Waals surface area contributed by atoms with Crippen LogP contribution in [-0.2, 0) is 0 Å². The van der Waals surface area contributed by atoms with Crippen molar-refractivity contribution in [2.24, 2.45) is 22.7 Å². The second-order valence-corrected chi connectivity index (χ2v) is 11.4. The molecule has 1 saturated carbocycles. The van der Waals surface area contributed by atoms with Crippen molar-refractivity contribution >= 4 is 33.5 Å². The molecule has 1 saturated heterocycles. The maximum Gasteiger partial charge on any atom is 0.139 e. The third-order valence-corrected chi connectivity index (χ3v) is 8.51. The molecule has 2 fully saturated rings. The van der Waals surface area contributed by atoms with Crippen LogP contribution in [0, 0.1) is 24.7 Å². The molecule has 1 aromatic heterocycles. The van der Waals surface area contributed by atoms with Crippen molar-refractivity contribution in [2.75, 3.05) is 31.5 Å². The highest BCUT2D eigenvalue weighted by atomic mass is 32.1. The molecule has 0 radical (unpaired) electrons. The summed E-state index contributed by atoms with van der Waals surface area (Å²) in [5.41, 5.74) is 3.41. The lowest BCUT2D eigenvalue weighted by molar-refractivity contribution is 0.0361. The van der Waals surface area contributed by atoms with Gasteiger partial charge in [-0.1, -0.05) is 39.3 Å². The van der Waals surface area contributed by atoms with Crippen molar-refractivity contribution in [3.8, 4) is 0 Å². The van der Waals surface area contributed by atoms with Crippen molar-refractivity contribution in [2.45, 2.75) is 53.0 Å². The van der Waals surface area contributed by atoms with Crippen molar-refractivity contribution in [1.29, 1.82) is 0 Å². The number of nitrogens with zero attached hydrogens (tertiary/aromatic N) is 3. The maximum absolute atomic E-state index is 5.18. The molecule has 3 atom stereocenters. The SMILES string of the molecule is Cc1cc2c(s1)Nc1ccccc1N=C2N1CCN(C2CC(C)CCC2C(C)C)CC1. The number of hydrogen-bond donors (Lipinski definition) is 1. The molecule has 4 nitrogen and oxygen atoms in total. The van der Waals surface area contributed by atoms with Gasteiger partial charge >= 0.3 is 0 Å². The van der Waals surface area contributed by atoms with Gasteiger partial charge in [0.1, 0.15) is 10.8 Å². The number of benzene rings is 1. The third-order valence-electron chi connectivity index (χ3n) is 7.54. The van der Waals surface area contributed by atoms with E-state index in [-0.39, 0.29) is 0 Å². The van der Waals surface area contributed by atoms with Crippen LogP contribution in [0.3, 0.4) is 0 Å². The van der Waals surface area contributed by atoms with Crippen LogP contribution in [-0.4, -0.2) is 47.9 Å². The van der Waals surface area contributed by atoms with Crippen molar-refractivity contribution < 1.29 is 0 Å². The largest absolute Gasteiger partial charge is 0.353 e. The molecule has 166 valence electrons. The molecule has 2 aliphatic heterocycles. The average molecular weight is 437 g/mol. The highest BCUT2D eigenvalue weighted by Crippen LogP contribution is 2.40. The molecule has 0 bridgehead atoms. The standard InChI is InChI=1S/C26H36N4S/c1-17(2)20-10-9-18(3)15-24(20)29-11-13-30(14-12-29)25-21-16-19(4)31-26(21)28-23-8-6-5-7-22(23)27-25/h5-8,16-18,20,24,28H,9-15H2,1-4H3.